The molecular weight excluding hydrogens is 184 g/mol. The molecule has 4 heteroatoms. The van der Waals surface area contributed by atoms with Crippen molar-refractivity contribution in [2.45, 2.75) is 0 Å². The Morgan fingerprint density at radius 2 is 1.21 bits per heavy atom. The van der Waals surface area contributed by atoms with Gasteiger partial charge in [-0.05, 0) is 24.3 Å². The second-order valence-electron chi connectivity index (χ2n) is 2.65. The van der Waals surface area contributed by atoms with E-state index in [2.05, 4.69) is 0 Å². The SMILES string of the molecule is O=C1C=CC(=CC=C2C=CC(=O)O2)O1. The number of hydrogen-bond donors (Lipinski definition) is 0. The molecule has 2 heterocycles. The molecule has 0 aromatic rings. The largest absolute Gasteiger partial charge is 0.423 e. The number of ether oxygens (including phenoxy) is 2. The van der Waals surface area contributed by atoms with Crippen LogP contribution in [0.5, 0.6) is 0 Å². The van der Waals surface area contributed by atoms with Crippen LogP contribution >= 0.6 is 0 Å². The number of esters is 2. The second kappa shape index (κ2) is 3.33. The summed E-state index contributed by atoms with van der Waals surface area (Å²) in [5.41, 5.74) is 0. The van der Waals surface area contributed by atoms with E-state index in [4.69, 9.17) is 9.47 Å². The zero-order valence-corrected chi connectivity index (χ0v) is 7.10. The normalized spacial score (nSPS) is 24.9. The van der Waals surface area contributed by atoms with E-state index in [1.165, 1.54) is 12.2 Å². The minimum atomic E-state index is -0.395. The van der Waals surface area contributed by atoms with Gasteiger partial charge in [0, 0.05) is 12.2 Å². The summed E-state index contributed by atoms with van der Waals surface area (Å²) in [5, 5.41) is 0. The first kappa shape index (κ1) is 8.50. The molecule has 0 aromatic carbocycles. The van der Waals surface area contributed by atoms with Crippen molar-refractivity contribution in [3.05, 3.63) is 48.0 Å². The fraction of sp³-hybridized carbons (Fsp3) is 0. The molecule has 0 N–H and O–H groups in total. The standard InChI is InChI=1S/C10H6O4/c11-9-5-3-7(13-9)1-2-8-4-6-10(12)14-8/h1-6H. The lowest BCUT2D eigenvalue weighted by Crippen LogP contribution is -1.91. The van der Waals surface area contributed by atoms with Crippen LogP contribution in [0.25, 0.3) is 0 Å². The van der Waals surface area contributed by atoms with E-state index in [0.29, 0.717) is 11.5 Å². The van der Waals surface area contributed by atoms with Crippen LogP contribution in [0.15, 0.2) is 48.0 Å². The van der Waals surface area contributed by atoms with Crippen molar-refractivity contribution in [2.75, 3.05) is 0 Å². The van der Waals surface area contributed by atoms with Crippen LogP contribution in [0.4, 0.5) is 0 Å². The van der Waals surface area contributed by atoms with Crippen LogP contribution in [0.1, 0.15) is 0 Å². The number of carbonyl (C=O) groups is 2. The van der Waals surface area contributed by atoms with Gasteiger partial charge in [0.2, 0.25) is 0 Å². The molecule has 2 aliphatic heterocycles. The van der Waals surface area contributed by atoms with E-state index in [9.17, 15) is 9.59 Å². The smallest absolute Gasteiger partial charge is 0.336 e. The molecule has 0 aliphatic carbocycles. The molecule has 0 amide bonds. The van der Waals surface area contributed by atoms with Gasteiger partial charge in [0.15, 0.2) is 0 Å². The molecule has 2 rings (SSSR count). The van der Waals surface area contributed by atoms with Gasteiger partial charge < -0.3 is 9.47 Å². The molecule has 0 saturated heterocycles. The monoisotopic (exact) mass is 190 g/mol. The van der Waals surface area contributed by atoms with E-state index < -0.39 is 11.9 Å². The Kier molecular flexibility index (Phi) is 2.02. The summed E-state index contributed by atoms with van der Waals surface area (Å²) in [4.78, 5) is 21.3. The van der Waals surface area contributed by atoms with Gasteiger partial charge in [-0.2, -0.15) is 0 Å². The molecular formula is C10H6O4. The van der Waals surface area contributed by atoms with Gasteiger partial charge in [-0.1, -0.05) is 0 Å². The Bertz CT molecular complexity index is 370. The predicted molar refractivity (Wildman–Crippen MR) is 46.6 cm³/mol. The van der Waals surface area contributed by atoms with Gasteiger partial charge in [-0.25, -0.2) is 9.59 Å². The Morgan fingerprint density at radius 1 is 0.786 bits per heavy atom. The fourth-order valence-corrected chi connectivity index (χ4v) is 1.01. The number of carbonyl (C=O) groups excluding carboxylic acids is 2. The third-order valence-corrected chi connectivity index (χ3v) is 1.62. The first-order valence-electron chi connectivity index (χ1n) is 3.96. The van der Waals surface area contributed by atoms with Crippen molar-refractivity contribution in [2.24, 2.45) is 0 Å². The molecule has 0 fully saturated rings. The highest BCUT2D eigenvalue weighted by atomic mass is 16.5. The summed E-state index contributed by atoms with van der Waals surface area (Å²) >= 11 is 0. The maximum atomic E-state index is 10.6. The van der Waals surface area contributed by atoms with Gasteiger partial charge in [-0.3, -0.25) is 0 Å². The van der Waals surface area contributed by atoms with Crippen LogP contribution in [0.3, 0.4) is 0 Å². The van der Waals surface area contributed by atoms with Crippen LogP contribution in [-0.4, -0.2) is 11.9 Å². The van der Waals surface area contributed by atoms with Gasteiger partial charge >= 0.3 is 11.9 Å². The van der Waals surface area contributed by atoms with E-state index in [1.54, 1.807) is 24.3 Å². The van der Waals surface area contributed by atoms with E-state index in [1.807, 2.05) is 0 Å². The first-order valence-corrected chi connectivity index (χ1v) is 3.96. The van der Waals surface area contributed by atoms with Crippen LogP contribution in [-0.2, 0) is 19.1 Å². The van der Waals surface area contributed by atoms with E-state index in [0.717, 1.165) is 0 Å². The minimum absolute atomic E-state index is 0.395. The van der Waals surface area contributed by atoms with Gasteiger partial charge in [0.1, 0.15) is 11.5 Å². The lowest BCUT2D eigenvalue weighted by atomic mass is 10.3. The van der Waals surface area contributed by atoms with Crippen LogP contribution < -0.4 is 0 Å². The third kappa shape index (κ3) is 1.80. The average Bonchev–Trinajstić information content (AvgIpc) is 2.72. The fourth-order valence-electron chi connectivity index (χ4n) is 1.01. The number of allylic oxidation sites excluding steroid dienone is 4. The maximum absolute atomic E-state index is 10.6. The summed E-state index contributed by atoms with van der Waals surface area (Å²) in [7, 11) is 0. The van der Waals surface area contributed by atoms with E-state index >= 15 is 0 Å². The number of rotatable bonds is 1. The predicted octanol–water partition coefficient (Wildman–Crippen LogP) is 0.980. The highest BCUT2D eigenvalue weighted by Crippen LogP contribution is 2.13. The van der Waals surface area contributed by atoms with Crippen molar-refractivity contribution in [1.29, 1.82) is 0 Å². The molecule has 2 aliphatic rings. The van der Waals surface area contributed by atoms with Crippen molar-refractivity contribution in [3.63, 3.8) is 0 Å². The molecule has 4 nitrogen and oxygen atoms in total. The summed E-state index contributed by atoms with van der Waals surface area (Å²) in [5.74, 6) is 0.0694. The Hall–Kier alpha value is -2.10. The zero-order chi connectivity index (χ0) is 9.97. The number of cyclic esters (lactones) is 2. The highest BCUT2D eigenvalue weighted by molar-refractivity contribution is 5.87. The number of hydrogen-bond acceptors (Lipinski definition) is 4. The second-order valence-corrected chi connectivity index (χ2v) is 2.65. The Morgan fingerprint density at radius 3 is 1.50 bits per heavy atom. The van der Waals surface area contributed by atoms with Crippen molar-refractivity contribution >= 4 is 11.9 Å². The average molecular weight is 190 g/mol. The van der Waals surface area contributed by atoms with E-state index in [-0.39, 0.29) is 0 Å². The lowest BCUT2D eigenvalue weighted by molar-refractivity contribution is -0.133. The molecule has 0 radical (unpaired) electrons. The molecule has 0 aromatic heterocycles. The molecule has 0 bridgehead atoms. The first-order chi connectivity index (χ1) is 6.74. The molecule has 70 valence electrons. The van der Waals surface area contributed by atoms with Crippen molar-refractivity contribution < 1.29 is 19.1 Å². The molecule has 0 spiro atoms. The Labute approximate surface area is 79.8 Å². The lowest BCUT2D eigenvalue weighted by Gasteiger charge is -1.94. The molecule has 14 heavy (non-hydrogen) atoms. The summed E-state index contributed by atoms with van der Waals surface area (Å²) in [6.07, 6.45) is 8.83. The molecule has 0 atom stereocenters. The van der Waals surface area contributed by atoms with Gasteiger partial charge in [0.05, 0.1) is 0 Å². The summed E-state index contributed by atoms with van der Waals surface area (Å²) in [6, 6.07) is 0. The van der Waals surface area contributed by atoms with Gasteiger partial charge in [-0.15, -0.1) is 0 Å². The summed E-state index contributed by atoms with van der Waals surface area (Å²) < 4.78 is 9.50. The van der Waals surface area contributed by atoms with Crippen molar-refractivity contribution in [1.82, 2.24) is 0 Å². The molecule has 0 unspecified atom stereocenters. The quantitative estimate of drug-likeness (QED) is 0.578. The zero-order valence-electron chi connectivity index (χ0n) is 7.10. The Balaban J connectivity index is 2.06. The van der Waals surface area contributed by atoms with Gasteiger partial charge in [0.25, 0.3) is 0 Å². The topological polar surface area (TPSA) is 52.6 Å². The maximum Gasteiger partial charge on any atom is 0.336 e. The highest BCUT2D eigenvalue weighted by Gasteiger charge is 2.10. The van der Waals surface area contributed by atoms with Crippen LogP contribution in [0.2, 0.25) is 0 Å². The summed E-state index contributed by atoms with van der Waals surface area (Å²) in [6.45, 7) is 0. The van der Waals surface area contributed by atoms with Crippen LogP contribution in [0, 0.1) is 0 Å². The van der Waals surface area contributed by atoms with Crippen molar-refractivity contribution in [3.8, 4) is 0 Å². The third-order valence-electron chi connectivity index (χ3n) is 1.62. The minimum Gasteiger partial charge on any atom is -0.423 e. The molecule has 0 saturated carbocycles.